The standard InChI is InChI=1S/C30H34F2N6O2/c1-37-9-11-38(12-10-37)26-7-5-23(30(33)39)28(34-8-3-13-40-2)27(26)29-24-17-19(4-6-25(24)35-36-29)14-20-15-21(31)18-22(32)16-20/h4-7,15-18,34H,3,8-14H2,1-2H3,(H2,33,39)(H,35,36). The average molecular weight is 549 g/mol. The number of ether oxygens (including phenoxy) is 1. The Morgan fingerprint density at radius 2 is 1.80 bits per heavy atom. The molecule has 1 aliphatic rings. The van der Waals surface area contributed by atoms with Crippen molar-refractivity contribution in [3.8, 4) is 11.3 Å². The van der Waals surface area contributed by atoms with E-state index < -0.39 is 17.5 Å². The number of nitrogens with two attached hydrogens (primary N) is 1. The highest BCUT2D eigenvalue weighted by Gasteiger charge is 2.26. The molecule has 0 bridgehead atoms. The zero-order chi connectivity index (χ0) is 28.2. The number of likely N-dealkylation sites (N-methyl/N-ethyl adjacent to an activating group) is 1. The third-order valence-corrected chi connectivity index (χ3v) is 7.31. The lowest BCUT2D eigenvalue weighted by atomic mass is 9.96. The van der Waals surface area contributed by atoms with Gasteiger partial charge in [0.1, 0.15) is 17.3 Å². The first-order chi connectivity index (χ1) is 19.3. The molecule has 0 unspecified atom stereocenters. The van der Waals surface area contributed by atoms with Gasteiger partial charge >= 0.3 is 0 Å². The van der Waals surface area contributed by atoms with E-state index in [0.29, 0.717) is 42.1 Å². The van der Waals surface area contributed by atoms with Crippen molar-refractivity contribution in [2.75, 3.05) is 63.7 Å². The molecule has 0 spiro atoms. The van der Waals surface area contributed by atoms with Crippen molar-refractivity contribution in [3.63, 3.8) is 0 Å². The van der Waals surface area contributed by atoms with Crippen LogP contribution in [0, 0.1) is 11.6 Å². The van der Waals surface area contributed by atoms with Crippen LogP contribution in [0.1, 0.15) is 27.9 Å². The number of hydrogen-bond acceptors (Lipinski definition) is 6. The average Bonchev–Trinajstić information content (AvgIpc) is 3.33. The quantitative estimate of drug-likeness (QED) is 0.254. The minimum absolute atomic E-state index is 0.351. The Hall–Kier alpha value is -4.02. The lowest BCUT2D eigenvalue weighted by molar-refractivity contribution is 0.100. The van der Waals surface area contributed by atoms with Crippen LogP contribution in [0.5, 0.6) is 0 Å². The number of aromatic amines is 1. The molecule has 2 heterocycles. The number of rotatable bonds is 10. The van der Waals surface area contributed by atoms with Crippen LogP contribution in [0.15, 0.2) is 48.5 Å². The van der Waals surface area contributed by atoms with Crippen LogP contribution >= 0.6 is 0 Å². The second-order valence-corrected chi connectivity index (χ2v) is 10.2. The van der Waals surface area contributed by atoms with E-state index >= 15 is 0 Å². The number of fused-ring (bicyclic) bond motifs is 1. The van der Waals surface area contributed by atoms with Gasteiger partial charge < -0.3 is 25.6 Å². The third-order valence-electron chi connectivity index (χ3n) is 7.31. The zero-order valence-corrected chi connectivity index (χ0v) is 22.8. The van der Waals surface area contributed by atoms with E-state index in [0.717, 1.165) is 66.4 Å². The molecule has 0 atom stereocenters. The summed E-state index contributed by atoms with van der Waals surface area (Å²) in [6, 6.07) is 13.1. The van der Waals surface area contributed by atoms with Gasteiger partial charge in [0, 0.05) is 63.6 Å². The van der Waals surface area contributed by atoms with Gasteiger partial charge in [0.2, 0.25) is 0 Å². The number of carbonyl (C=O) groups is 1. The highest BCUT2D eigenvalue weighted by molar-refractivity contribution is 6.08. The number of benzene rings is 3. The number of halogens is 2. The molecule has 210 valence electrons. The Balaban J connectivity index is 1.64. The minimum atomic E-state index is -0.607. The summed E-state index contributed by atoms with van der Waals surface area (Å²) >= 11 is 0. The Morgan fingerprint density at radius 1 is 1.05 bits per heavy atom. The molecule has 0 aliphatic carbocycles. The number of methoxy groups -OCH3 is 1. The van der Waals surface area contributed by atoms with Gasteiger partial charge in [-0.2, -0.15) is 5.10 Å². The summed E-state index contributed by atoms with van der Waals surface area (Å²) < 4.78 is 32.9. The first-order valence-electron chi connectivity index (χ1n) is 13.4. The van der Waals surface area contributed by atoms with Crippen molar-refractivity contribution in [2.24, 2.45) is 5.73 Å². The van der Waals surface area contributed by atoms with Gasteiger partial charge in [-0.15, -0.1) is 0 Å². The van der Waals surface area contributed by atoms with Crippen molar-refractivity contribution in [1.82, 2.24) is 15.1 Å². The molecule has 1 saturated heterocycles. The Morgan fingerprint density at radius 3 is 2.50 bits per heavy atom. The van der Waals surface area contributed by atoms with Crippen LogP contribution < -0.4 is 16.0 Å². The number of nitrogens with one attached hydrogen (secondary N) is 2. The maximum absolute atomic E-state index is 13.8. The van der Waals surface area contributed by atoms with Gasteiger partial charge in [-0.25, -0.2) is 8.78 Å². The number of H-pyrrole nitrogens is 1. The molecular formula is C30H34F2N6O2. The molecule has 1 aliphatic heterocycles. The summed E-state index contributed by atoms with van der Waals surface area (Å²) in [7, 11) is 3.75. The number of amides is 1. The molecular weight excluding hydrogens is 514 g/mol. The van der Waals surface area contributed by atoms with Gasteiger partial charge in [-0.05, 0) is 67.4 Å². The number of anilines is 2. The van der Waals surface area contributed by atoms with E-state index in [-0.39, 0.29) is 0 Å². The van der Waals surface area contributed by atoms with Crippen LogP contribution in [0.25, 0.3) is 22.2 Å². The van der Waals surface area contributed by atoms with Gasteiger partial charge in [0.15, 0.2) is 0 Å². The normalized spacial score (nSPS) is 14.2. The fourth-order valence-corrected chi connectivity index (χ4v) is 5.27. The summed E-state index contributed by atoms with van der Waals surface area (Å²) in [6.07, 6.45) is 1.09. The van der Waals surface area contributed by atoms with E-state index in [1.165, 1.54) is 12.1 Å². The molecule has 0 saturated carbocycles. The van der Waals surface area contributed by atoms with Gasteiger partial charge in [-0.1, -0.05) is 6.07 Å². The van der Waals surface area contributed by atoms with Crippen LogP contribution in [0.3, 0.4) is 0 Å². The maximum atomic E-state index is 13.8. The maximum Gasteiger partial charge on any atom is 0.250 e. The summed E-state index contributed by atoms with van der Waals surface area (Å²) in [5.74, 6) is -1.75. The lowest BCUT2D eigenvalue weighted by Gasteiger charge is -2.35. The van der Waals surface area contributed by atoms with Crippen LogP contribution in [-0.4, -0.2) is 74.5 Å². The molecule has 10 heteroatoms. The van der Waals surface area contributed by atoms with Crippen molar-refractivity contribution >= 4 is 28.2 Å². The predicted molar refractivity (Wildman–Crippen MR) is 154 cm³/mol. The fraction of sp³-hybridized carbons (Fsp3) is 0.333. The molecule has 3 aromatic carbocycles. The van der Waals surface area contributed by atoms with Crippen LogP contribution in [0.4, 0.5) is 20.2 Å². The van der Waals surface area contributed by atoms with Gasteiger partial charge in [0.25, 0.3) is 5.91 Å². The van der Waals surface area contributed by atoms with Crippen LogP contribution in [-0.2, 0) is 11.2 Å². The van der Waals surface area contributed by atoms with Gasteiger partial charge in [0.05, 0.1) is 22.3 Å². The number of aromatic nitrogens is 2. The molecule has 8 nitrogen and oxygen atoms in total. The molecule has 4 aromatic rings. The molecule has 4 N–H and O–H groups in total. The highest BCUT2D eigenvalue weighted by atomic mass is 19.1. The van der Waals surface area contributed by atoms with Gasteiger partial charge in [-0.3, -0.25) is 9.89 Å². The summed E-state index contributed by atoms with van der Waals surface area (Å²) in [6.45, 7) is 4.60. The summed E-state index contributed by atoms with van der Waals surface area (Å²) in [4.78, 5) is 17.2. The fourth-order valence-electron chi connectivity index (χ4n) is 5.27. The zero-order valence-electron chi connectivity index (χ0n) is 22.8. The lowest BCUT2D eigenvalue weighted by Crippen LogP contribution is -2.44. The molecule has 1 aromatic heterocycles. The molecule has 1 amide bonds. The smallest absolute Gasteiger partial charge is 0.250 e. The number of primary amides is 1. The number of nitrogens with zero attached hydrogens (tertiary/aromatic N) is 3. The summed E-state index contributed by atoms with van der Waals surface area (Å²) in [5.41, 5.74) is 11.5. The minimum Gasteiger partial charge on any atom is -0.385 e. The number of hydrogen-bond donors (Lipinski definition) is 3. The van der Waals surface area contributed by atoms with E-state index in [1.807, 2.05) is 24.3 Å². The number of piperazine rings is 1. The molecule has 5 rings (SSSR count). The third kappa shape index (κ3) is 5.93. The van der Waals surface area contributed by atoms with Crippen molar-refractivity contribution in [2.45, 2.75) is 12.8 Å². The van der Waals surface area contributed by atoms with E-state index in [4.69, 9.17) is 15.6 Å². The molecule has 1 fully saturated rings. The Kier molecular flexibility index (Phi) is 8.27. The monoisotopic (exact) mass is 548 g/mol. The Labute approximate surface area is 232 Å². The first kappa shape index (κ1) is 27.5. The van der Waals surface area contributed by atoms with Crippen molar-refractivity contribution < 1.29 is 18.3 Å². The van der Waals surface area contributed by atoms with Crippen molar-refractivity contribution in [1.29, 1.82) is 0 Å². The topological polar surface area (TPSA) is 99.5 Å². The predicted octanol–water partition coefficient (Wildman–Crippen LogP) is 4.40. The number of carbonyl (C=O) groups excluding carboxylic acids is 1. The molecule has 0 radical (unpaired) electrons. The Bertz CT molecular complexity index is 1490. The molecule has 40 heavy (non-hydrogen) atoms. The first-order valence-corrected chi connectivity index (χ1v) is 13.4. The van der Waals surface area contributed by atoms with Crippen molar-refractivity contribution in [3.05, 3.63) is 76.9 Å². The largest absolute Gasteiger partial charge is 0.385 e. The van der Waals surface area contributed by atoms with E-state index in [9.17, 15) is 13.6 Å². The highest BCUT2D eigenvalue weighted by Crippen LogP contribution is 2.42. The summed E-state index contributed by atoms with van der Waals surface area (Å²) in [5, 5.41) is 12.1. The van der Waals surface area contributed by atoms with E-state index in [2.05, 4.69) is 27.3 Å². The SMILES string of the molecule is COCCCNc1c(C(N)=O)ccc(N2CCN(C)CC2)c1-c1n[nH]c2ccc(Cc3cc(F)cc(F)c3)cc12. The van der Waals surface area contributed by atoms with E-state index in [1.54, 1.807) is 13.2 Å². The second-order valence-electron chi connectivity index (χ2n) is 10.2. The second kappa shape index (κ2) is 12.0. The van der Waals surface area contributed by atoms with Crippen LogP contribution in [0.2, 0.25) is 0 Å².